The molecule has 7 heteroatoms. The number of rotatable bonds is 6. The van der Waals surface area contributed by atoms with E-state index in [0.29, 0.717) is 12.1 Å². The summed E-state index contributed by atoms with van der Waals surface area (Å²) in [5.74, 6) is -0.443. The molecule has 28 heavy (non-hydrogen) atoms. The molecule has 0 saturated carbocycles. The molecule has 0 bridgehead atoms. The minimum Gasteiger partial charge on any atom is -0.463 e. The Morgan fingerprint density at radius 3 is 2.71 bits per heavy atom. The third kappa shape index (κ3) is 4.25. The number of nitrogens with zero attached hydrogens (tertiary/aromatic N) is 3. The smallest absolute Gasteiger partial charge is 0.332 e. The van der Waals surface area contributed by atoms with E-state index in [0.717, 1.165) is 16.8 Å². The van der Waals surface area contributed by atoms with Crippen LogP contribution in [0.25, 0.3) is 0 Å². The van der Waals surface area contributed by atoms with Gasteiger partial charge in [0.2, 0.25) is 0 Å². The van der Waals surface area contributed by atoms with E-state index in [2.05, 4.69) is 0 Å². The molecule has 0 saturated heterocycles. The van der Waals surface area contributed by atoms with Crippen molar-refractivity contribution in [2.75, 3.05) is 6.61 Å². The fourth-order valence-corrected chi connectivity index (χ4v) is 3.17. The number of ether oxygens (including phenoxy) is 1. The average Bonchev–Trinajstić information content (AvgIpc) is 3.14. The lowest BCUT2D eigenvalue weighted by Gasteiger charge is -2.24. The molecular weight excluding hydrogens is 358 g/mol. The number of benzene rings is 2. The van der Waals surface area contributed by atoms with E-state index in [1.54, 1.807) is 31.0 Å². The highest BCUT2D eigenvalue weighted by Crippen LogP contribution is 2.36. The fraction of sp³-hybridized carbons (Fsp3) is 0.238. The first-order valence-electron chi connectivity index (χ1n) is 9.01. The molecule has 1 aliphatic rings. The lowest BCUT2D eigenvalue weighted by molar-refractivity contribution is -0.384. The first-order valence-corrected chi connectivity index (χ1v) is 9.01. The first kappa shape index (κ1) is 19.3. The van der Waals surface area contributed by atoms with Crippen molar-refractivity contribution in [2.24, 2.45) is 5.10 Å². The fourth-order valence-electron chi connectivity index (χ4n) is 3.17. The Balaban J connectivity index is 1.99. The predicted molar refractivity (Wildman–Crippen MR) is 106 cm³/mol. The van der Waals surface area contributed by atoms with Gasteiger partial charge in [-0.1, -0.05) is 42.5 Å². The van der Waals surface area contributed by atoms with Gasteiger partial charge in [0, 0.05) is 30.3 Å². The van der Waals surface area contributed by atoms with Crippen molar-refractivity contribution >= 4 is 17.4 Å². The number of nitro groups is 1. The molecule has 0 spiro atoms. The van der Waals surface area contributed by atoms with Crippen molar-refractivity contribution in [3.63, 3.8) is 0 Å². The van der Waals surface area contributed by atoms with Crippen LogP contribution in [-0.4, -0.2) is 28.2 Å². The number of hydrogen-bond acceptors (Lipinski definition) is 6. The Morgan fingerprint density at radius 1 is 1.29 bits per heavy atom. The maximum absolute atomic E-state index is 11.9. The SMILES string of the molecule is CCOC(=O)C=C(C)N1N=C(c2ccccc2)CC1c1cccc([N+](=O)[O-])c1. The molecule has 2 aromatic carbocycles. The van der Waals surface area contributed by atoms with Crippen molar-refractivity contribution in [3.8, 4) is 0 Å². The number of carbonyl (C=O) groups excluding carboxylic acids is 1. The van der Waals surface area contributed by atoms with Gasteiger partial charge in [-0.25, -0.2) is 4.79 Å². The number of non-ortho nitro benzene ring substituents is 1. The molecule has 1 aliphatic heterocycles. The Bertz CT molecular complexity index is 938. The topological polar surface area (TPSA) is 85.0 Å². The number of carbonyl (C=O) groups is 1. The second-order valence-electron chi connectivity index (χ2n) is 6.37. The minimum absolute atomic E-state index is 0.0256. The van der Waals surface area contributed by atoms with E-state index in [9.17, 15) is 14.9 Å². The van der Waals surface area contributed by atoms with Crippen LogP contribution in [0.15, 0.2) is 71.5 Å². The second-order valence-corrected chi connectivity index (χ2v) is 6.37. The molecule has 1 heterocycles. The van der Waals surface area contributed by atoms with Crippen molar-refractivity contribution in [1.29, 1.82) is 0 Å². The molecule has 0 fully saturated rings. The zero-order valence-electron chi connectivity index (χ0n) is 15.7. The van der Waals surface area contributed by atoms with E-state index in [-0.39, 0.29) is 18.3 Å². The van der Waals surface area contributed by atoms with Crippen molar-refractivity contribution in [2.45, 2.75) is 26.3 Å². The Kier molecular flexibility index (Phi) is 5.84. The monoisotopic (exact) mass is 379 g/mol. The summed E-state index contributed by atoms with van der Waals surface area (Å²) in [6.07, 6.45) is 1.96. The normalized spacial score (nSPS) is 16.6. The number of nitro benzene ring substituents is 1. The standard InChI is InChI=1S/C21H21N3O4/c1-3-28-21(25)12-15(2)23-20(17-10-7-11-18(13-17)24(26)27)14-19(22-23)16-8-5-4-6-9-16/h4-13,20H,3,14H2,1-2H3. The van der Waals surface area contributed by atoms with Gasteiger partial charge in [-0.2, -0.15) is 5.10 Å². The van der Waals surface area contributed by atoms with E-state index >= 15 is 0 Å². The van der Waals surface area contributed by atoms with Gasteiger partial charge in [0.1, 0.15) is 0 Å². The molecule has 3 rings (SSSR count). The molecule has 0 N–H and O–H groups in total. The van der Waals surface area contributed by atoms with Crippen LogP contribution in [0.3, 0.4) is 0 Å². The Morgan fingerprint density at radius 2 is 2.04 bits per heavy atom. The van der Waals surface area contributed by atoms with Crippen LogP contribution >= 0.6 is 0 Å². The molecule has 0 aromatic heterocycles. The van der Waals surface area contributed by atoms with E-state index in [1.165, 1.54) is 12.1 Å². The highest BCUT2D eigenvalue weighted by molar-refractivity contribution is 6.02. The highest BCUT2D eigenvalue weighted by Gasteiger charge is 2.31. The van der Waals surface area contributed by atoms with Gasteiger partial charge in [0.15, 0.2) is 0 Å². The first-order chi connectivity index (χ1) is 13.5. The van der Waals surface area contributed by atoms with Gasteiger partial charge in [0.05, 0.1) is 23.3 Å². The van der Waals surface area contributed by atoms with Crippen molar-refractivity contribution < 1.29 is 14.5 Å². The summed E-state index contributed by atoms with van der Waals surface area (Å²) in [5.41, 5.74) is 3.23. The lowest BCUT2D eigenvalue weighted by atomic mass is 9.98. The van der Waals surface area contributed by atoms with E-state index in [1.807, 2.05) is 36.4 Å². The predicted octanol–water partition coefficient (Wildman–Crippen LogP) is 4.21. The molecule has 1 unspecified atom stereocenters. The molecule has 7 nitrogen and oxygen atoms in total. The van der Waals surface area contributed by atoms with Crippen LogP contribution in [0.5, 0.6) is 0 Å². The van der Waals surface area contributed by atoms with Crippen LogP contribution in [0.1, 0.15) is 37.4 Å². The molecule has 0 amide bonds. The maximum Gasteiger partial charge on any atom is 0.332 e. The van der Waals surface area contributed by atoms with Gasteiger partial charge < -0.3 is 4.74 Å². The maximum atomic E-state index is 11.9. The van der Waals surface area contributed by atoms with Crippen molar-refractivity contribution in [3.05, 3.63) is 87.6 Å². The van der Waals surface area contributed by atoms with Crippen LogP contribution in [0.2, 0.25) is 0 Å². The number of hydrazone groups is 1. The van der Waals surface area contributed by atoms with Gasteiger partial charge >= 0.3 is 5.97 Å². The van der Waals surface area contributed by atoms with Gasteiger partial charge in [-0.15, -0.1) is 0 Å². The Hall–Kier alpha value is -3.48. The van der Waals surface area contributed by atoms with Crippen LogP contribution in [-0.2, 0) is 9.53 Å². The van der Waals surface area contributed by atoms with Gasteiger partial charge in [-0.05, 0) is 25.0 Å². The molecule has 2 aromatic rings. The lowest BCUT2D eigenvalue weighted by Crippen LogP contribution is -2.19. The van der Waals surface area contributed by atoms with Gasteiger partial charge in [0.25, 0.3) is 5.69 Å². The van der Waals surface area contributed by atoms with E-state index < -0.39 is 10.9 Å². The van der Waals surface area contributed by atoms with Crippen molar-refractivity contribution in [1.82, 2.24) is 5.01 Å². The van der Waals surface area contributed by atoms with Crippen LogP contribution < -0.4 is 0 Å². The summed E-state index contributed by atoms with van der Waals surface area (Å²) >= 11 is 0. The highest BCUT2D eigenvalue weighted by atomic mass is 16.6. The Labute approximate surface area is 163 Å². The number of allylic oxidation sites excluding steroid dienone is 1. The van der Waals surface area contributed by atoms with Crippen LogP contribution in [0.4, 0.5) is 5.69 Å². The summed E-state index contributed by atoms with van der Waals surface area (Å²) in [7, 11) is 0. The quantitative estimate of drug-likeness (QED) is 0.325. The summed E-state index contributed by atoms with van der Waals surface area (Å²) in [4.78, 5) is 22.6. The minimum atomic E-state index is -0.443. The zero-order chi connectivity index (χ0) is 20.1. The number of esters is 1. The van der Waals surface area contributed by atoms with Crippen LogP contribution in [0, 0.1) is 10.1 Å². The summed E-state index contributed by atoms with van der Waals surface area (Å²) in [6, 6.07) is 16.0. The third-order valence-corrected chi connectivity index (χ3v) is 4.46. The summed E-state index contributed by atoms with van der Waals surface area (Å²) in [5, 5.41) is 17.6. The molecule has 0 aliphatic carbocycles. The third-order valence-electron chi connectivity index (χ3n) is 4.46. The second kappa shape index (κ2) is 8.47. The molecule has 144 valence electrons. The number of hydrogen-bond donors (Lipinski definition) is 0. The molecule has 0 radical (unpaired) electrons. The zero-order valence-corrected chi connectivity index (χ0v) is 15.7. The average molecular weight is 379 g/mol. The largest absolute Gasteiger partial charge is 0.463 e. The molecule has 1 atom stereocenters. The molecular formula is C21H21N3O4. The summed E-state index contributed by atoms with van der Waals surface area (Å²) < 4.78 is 5.00. The van der Waals surface area contributed by atoms with Gasteiger partial charge in [-0.3, -0.25) is 15.1 Å². The summed E-state index contributed by atoms with van der Waals surface area (Å²) in [6.45, 7) is 3.81. The van der Waals surface area contributed by atoms with E-state index in [4.69, 9.17) is 9.84 Å².